The minimum Gasteiger partial charge on any atom is -0.493 e. The van der Waals surface area contributed by atoms with Crippen molar-refractivity contribution in [2.24, 2.45) is 0 Å². The number of benzene rings is 1. The van der Waals surface area contributed by atoms with Crippen LogP contribution >= 0.6 is 0 Å². The van der Waals surface area contributed by atoms with E-state index in [0.29, 0.717) is 36.6 Å². The van der Waals surface area contributed by atoms with Gasteiger partial charge in [-0.2, -0.15) is 0 Å². The maximum absolute atomic E-state index is 12.9. The minimum atomic E-state index is -0.0882. The maximum atomic E-state index is 12.9. The molecule has 1 atom stereocenters. The lowest BCUT2D eigenvalue weighted by Gasteiger charge is -2.36. The number of hydrogen-bond donors (Lipinski definition) is 2. The summed E-state index contributed by atoms with van der Waals surface area (Å²) < 4.78 is 5.55. The van der Waals surface area contributed by atoms with Crippen LogP contribution in [0.2, 0.25) is 0 Å². The van der Waals surface area contributed by atoms with E-state index < -0.39 is 0 Å². The number of aliphatic hydroxyl groups is 1. The molecule has 5 heteroatoms. The molecule has 1 unspecified atom stereocenters. The molecule has 1 aliphatic rings. The number of likely N-dealkylation sites (tertiary alicyclic amines) is 1. The zero-order valence-electron chi connectivity index (χ0n) is 12.5. The highest BCUT2D eigenvalue weighted by Crippen LogP contribution is 2.29. The van der Waals surface area contributed by atoms with Gasteiger partial charge in [0.05, 0.1) is 6.61 Å². The van der Waals surface area contributed by atoms with Crippen LogP contribution in [0.15, 0.2) is 18.2 Å². The van der Waals surface area contributed by atoms with E-state index in [9.17, 15) is 9.90 Å². The van der Waals surface area contributed by atoms with Crippen molar-refractivity contribution in [3.8, 4) is 5.75 Å². The first kappa shape index (κ1) is 15.6. The molecule has 0 spiro atoms. The molecular formula is C16H24N2O3. The van der Waals surface area contributed by atoms with Gasteiger partial charge in [0.15, 0.2) is 0 Å². The third kappa shape index (κ3) is 3.47. The Labute approximate surface area is 125 Å². The number of hydrogen-bond acceptors (Lipinski definition) is 4. The van der Waals surface area contributed by atoms with Gasteiger partial charge in [-0.3, -0.25) is 4.79 Å². The minimum absolute atomic E-state index is 0.0882. The van der Waals surface area contributed by atoms with E-state index in [4.69, 9.17) is 10.5 Å². The molecule has 1 heterocycles. The summed E-state index contributed by atoms with van der Waals surface area (Å²) in [5.41, 5.74) is 6.89. The zero-order chi connectivity index (χ0) is 15.2. The Morgan fingerprint density at radius 2 is 2.29 bits per heavy atom. The van der Waals surface area contributed by atoms with Crippen LogP contribution in [-0.4, -0.2) is 41.7 Å². The molecule has 0 radical (unpaired) electrons. The van der Waals surface area contributed by atoms with E-state index in [1.807, 2.05) is 11.8 Å². The molecule has 0 saturated carbocycles. The van der Waals surface area contributed by atoms with Crippen molar-refractivity contribution in [1.82, 2.24) is 4.90 Å². The molecule has 3 N–H and O–H groups in total. The van der Waals surface area contributed by atoms with Crippen LogP contribution in [0.25, 0.3) is 0 Å². The van der Waals surface area contributed by atoms with Gasteiger partial charge in [-0.05, 0) is 44.7 Å². The third-order valence-electron chi connectivity index (χ3n) is 3.92. The number of nitrogens with zero attached hydrogens (tertiary/aromatic N) is 1. The van der Waals surface area contributed by atoms with Gasteiger partial charge in [-0.25, -0.2) is 0 Å². The molecule has 0 aliphatic carbocycles. The number of nitrogens with two attached hydrogens (primary N) is 1. The predicted molar refractivity (Wildman–Crippen MR) is 82.4 cm³/mol. The Morgan fingerprint density at radius 3 is 3.00 bits per heavy atom. The lowest BCUT2D eigenvalue weighted by atomic mass is 9.98. The van der Waals surface area contributed by atoms with Gasteiger partial charge in [0.2, 0.25) is 0 Å². The van der Waals surface area contributed by atoms with Gasteiger partial charge in [-0.15, -0.1) is 0 Å². The highest BCUT2D eigenvalue weighted by atomic mass is 16.5. The summed E-state index contributed by atoms with van der Waals surface area (Å²) in [6, 6.07) is 5.38. The van der Waals surface area contributed by atoms with Crippen LogP contribution in [0.4, 0.5) is 5.69 Å². The molecule has 1 saturated heterocycles. The van der Waals surface area contributed by atoms with Crippen LogP contribution < -0.4 is 10.5 Å². The topological polar surface area (TPSA) is 75.8 Å². The normalized spacial score (nSPS) is 18.6. The average molecular weight is 292 g/mol. The summed E-state index contributed by atoms with van der Waals surface area (Å²) in [5, 5.41) is 9.19. The van der Waals surface area contributed by atoms with Crippen molar-refractivity contribution in [3.63, 3.8) is 0 Å². The van der Waals surface area contributed by atoms with E-state index in [1.54, 1.807) is 18.2 Å². The standard InChI is InChI=1S/C16H24N2O3/c1-2-21-14-8-5-7-13(17)15(14)16(20)18-10-4-3-6-12(18)9-11-19/h5,7-8,12,19H,2-4,6,9-11,17H2,1H3. The second-order valence-corrected chi connectivity index (χ2v) is 5.31. The SMILES string of the molecule is CCOc1cccc(N)c1C(=O)N1CCCCC1CCO. The summed E-state index contributed by atoms with van der Waals surface area (Å²) in [6.07, 6.45) is 3.63. The first-order valence-corrected chi connectivity index (χ1v) is 7.62. The Kier molecular flexibility index (Phi) is 5.44. The van der Waals surface area contributed by atoms with Crippen LogP contribution in [0.5, 0.6) is 5.75 Å². The van der Waals surface area contributed by atoms with Crippen LogP contribution in [0.1, 0.15) is 43.0 Å². The van der Waals surface area contributed by atoms with E-state index in [-0.39, 0.29) is 18.6 Å². The molecule has 0 aromatic heterocycles. The molecule has 5 nitrogen and oxygen atoms in total. The molecule has 116 valence electrons. The number of ether oxygens (including phenoxy) is 1. The number of aliphatic hydroxyl groups excluding tert-OH is 1. The molecule has 1 aromatic carbocycles. The Balaban J connectivity index is 2.29. The summed E-state index contributed by atoms with van der Waals surface area (Å²) in [7, 11) is 0. The first-order valence-electron chi connectivity index (χ1n) is 7.62. The second-order valence-electron chi connectivity index (χ2n) is 5.31. The monoisotopic (exact) mass is 292 g/mol. The van der Waals surface area contributed by atoms with Crippen LogP contribution in [-0.2, 0) is 0 Å². The lowest BCUT2D eigenvalue weighted by molar-refractivity contribution is 0.0572. The molecule has 1 aromatic rings. The van der Waals surface area contributed by atoms with Crippen LogP contribution in [0, 0.1) is 0 Å². The molecule has 1 aliphatic heterocycles. The van der Waals surface area contributed by atoms with Gasteiger partial charge >= 0.3 is 0 Å². The number of anilines is 1. The quantitative estimate of drug-likeness (QED) is 0.814. The van der Waals surface area contributed by atoms with E-state index in [2.05, 4.69) is 0 Å². The lowest BCUT2D eigenvalue weighted by Crippen LogP contribution is -2.44. The number of carbonyl (C=O) groups is 1. The van der Waals surface area contributed by atoms with Crippen molar-refractivity contribution in [2.45, 2.75) is 38.6 Å². The fourth-order valence-electron chi connectivity index (χ4n) is 2.91. The van der Waals surface area contributed by atoms with Crippen molar-refractivity contribution < 1.29 is 14.6 Å². The molecule has 0 bridgehead atoms. The third-order valence-corrected chi connectivity index (χ3v) is 3.92. The van der Waals surface area contributed by atoms with Crippen molar-refractivity contribution in [2.75, 3.05) is 25.5 Å². The predicted octanol–water partition coefficient (Wildman–Crippen LogP) is 2.04. The molecular weight excluding hydrogens is 268 g/mol. The van der Waals surface area contributed by atoms with E-state index in [0.717, 1.165) is 19.3 Å². The van der Waals surface area contributed by atoms with E-state index in [1.165, 1.54) is 0 Å². The first-order chi connectivity index (χ1) is 10.2. The molecule has 1 amide bonds. The molecule has 21 heavy (non-hydrogen) atoms. The Bertz CT molecular complexity index is 488. The average Bonchev–Trinajstić information content (AvgIpc) is 2.48. The van der Waals surface area contributed by atoms with Gasteiger partial charge in [0.1, 0.15) is 11.3 Å². The largest absolute Gasteiger partial charge is 0.493 e. The van der Waals surface area contributed by atoms with Gasteiger partial charge in [-0.1, -0.05) is 6.07 Å². The summed E-state index contributed by atoms with van der Waals surface area (Å²) in [5.74, 6) is 0.450. The Hall–Kier alpha value is -1.75. The summed E-state index contributed by atoms with van der Waals surface area (Å²) in [6.45, 7) is 3.18. The van der Waals surface area contributed by atoms with E-state index >= 15 is 0 Å². The molecule has 2 rings (SSSR count). The number of amides is 1. The van der Waals surface area contributed by atoms with Gasteiger partial charge in [0, 0.05) is 24.9 Å². The zero-order valence-corrected chi connectivity index (χ0v) is 12.5. The molecule has 1 fully saturated rings. The smallest absolute Gasteiger partial charge is 0.259 e. The second kappa shape index (κ2) is 7.31. The highest BCUT2D eigenvalue weighted by molar-refractivity contribution is 6.02. The number of rotatable bonds is 5. The van der Waals surface area contributed by atoms with Crippen molar-refractivity contribution in [3.05, 3.63) is 23.8 Å². The van der Waals surface area contributed by atoms with Crippen LogP contribution in [0.3, 0.4) is 0 Å². The number of carbonyl (C=O) groups excluding carboxylic acids is 1. The fourth-order valence-corrected chi connectivity index (χ4v) is 2.91. The number of nitrogen functional groups attached to an aromatic ring is 1. The van der Waals surface area contributed by atoms with Crippen molar-refractivity contribution in [1.29, 1.82) is 0 Å². The van der Waals surface area contributed by atoms with Gasteiger partial charge in [0.25, 0.3) is 5.91 Å². The maximum Gasteiger partial charge on any atom is 0.259 e. The Morgan fingerprint density at radius 1 is 1.48 bits per heavy atom. The van der Waals surface area contributed by atoms with Crippen molar-refractivity contribution >= 4 is 11.6 Å². The van der Waals surface area contributed by atoms with Gasteiger partial charge < -0.3 is 20.5 Å². The highest BCUT2D eigenvalue weighted by Gasteiger charge is 2.29. The summed E-state index contributed by atoms with van der Waals surface area (Å²) in [4.78, 5) is 14.7. The fraction of sp³-hybridized carbons (Fsp3) is 0.562. The number of piperidine rings is 1. The summed E-state index contributed by atoms with van der Waals surface area (Å²) >= 11 is 0.